The molecule has 7 nitrogen and oxygen atoms in total. The first-order chi connectivity index (χ1) is 11.9. The molecular weight excluding hydrogens is 377 g/mol. The van der Waals surface area contributed by atoms with Crippen LogP contribution in [0.1, 0.15) is 30.6 Å². The summed E-state index contributed by atoms with van der Waals surface area (Å²) in [5, 5.41) is 1.55. The lowest BCUT2D eigenvalue weighted by Gasteiger charge is -2.12. The third-order valence-electron chi connectivity index (χ3n) is 3.19. The van der Waals surface area contributed by atoms with Gasteiger partial charge in [0.1, 0.15) is 6.54 Å². The average Bonchev–Trinajstić information content (AvgIpc) is 2.56. The van der Waals surface area contributed by atoms with Crippen LogP contribution < -0.4 is 10.0 Å². The summed E-state index contributed by atoms with van der Waals surface area (Å²) in [6.07, 6.45) is -3.97. The van der Waals surface area contributed by atoms with Gasteiger partial charge in [0.05, 0.1) is 10.5 Å². The van der Waals surface area contributed by atoms with E-state index in [1.807, 2.05) is 6.92 Å². The van der Waals surface area contributed by atoms with Crippen molar-refractivity contribution < 1.29 is 35.9 Å². The number of hydrogen-bond donors (Lipinski definition) is 2. The van der Waals surface area contributed by atoms with Crippen molar-refractivity contribution >= 4 is 21.9 Å². The van der Waals surface area contributed by atoms with Crippen LogP contribution in [0.3, 0.4) is 0 Å². The van der Waals surface area contributed by atoms with E-state index in [1.54, 1.807) is 12.2 Å². The number of benzene rings is 1. The van der Waals surface area contributed by atoms with Crippen molar-refractivity contribution in [2.24, 2.45) is 0 Å². The highest BCUT2D eigenvalue weighted by molar-refractivity contribution is 7.89. The smallest absolute Gasteiger partial charge is 0.405 e. The van der Waals surface area contributed by atoms with Gasteiger partial charge in [-0.3, -0.25) is 4.79 Å². The molecule has 26 heavy (non-hydrogen) atoms. The van der Waals surface area contributed by atoms with E-state index in [1.165, 1.54) is 24.3 Å². The summed E-state index contributed by atoms with van der Waals surface area (Å²) < 4.78 is 67.0. The van der Waals surface area contributed by atoms with E-state index in [-0.39, 0.29) is 16.5 Å². The number of halogens is 3. The number of alkyl halides is 3. The van der Waals surface area contributed by atoms with Gasteiger partial charge in [0.25, 0.3) is 5.91 Å². The molecule has 1 atom stereocenters. The van der Waals surface area contributed by atoms with Crippen molar-refractivity contribution in [1.82, 2.24) is 10.0 Å². The van der Waals surface area contributed by atoms with Crippen LogP contribution in [0.25, 0.3) is 0 Å². The summed E-state index contributed by atoms with van der Waals surface area (Å²) in [4.78, 5) is 22.9. The van der Waals surface area contributed by atoms with E-state index < -0.39 is 41.2 Å². The number of ether oxygens (including phenoxy) is 1. The summed E-state index contributed by atoms with van der Waals surface area (Å²) in [6, 6.07) is 4.47. The Morgan fingerprint density at radius 1 is 1.19 bits per heavy atom. The number of sulfonamides is 1. The van der Waals surface area contributed by atoms with Crippen molar-refractivity contribution in [3.63, 3.8) is 0 Å². The molecule has 0 bridgehead atoms. The third-order valence-corrected chi connectivity index (χ3v) is 4.79. The Morgan fingerprint density at radius 2 is 1.77 bits per heavy atom. The van der Waals surface area contributed by atoms with Gasteiger partial charge in [0, 0.05) is 6.04 Å². The fourth-order valence-corrected chi connectivity index (χ4v) is 2.98. The summed E-state index contributed by atoms with van der Waals surface area (Å²) >= 11 is 0. The molecule has 0 heterocycles. The zero-order chi connectivity index (χ0) is 20.0. The second-order valence-corrected chi connectivity index (χ2v) is 7.14. The zero-order valence-corrected chi connectivity index (χ0v) is 14.9. The lowest BCUT2D eigenvalue weighted by atomic mass is 10.2. The van der Waals surface area contributed by atoms with Gasteiger partial charge in [-0.25, -0.2) is 17.9 Å². The highest BCUT2D eigenvalue weighted by Crippen LogP contribution is 2.13. The predicted octanol–water partition coefficient (Wildman–Crippen LogP) is 1.60. The maximum atomic E-state index is 12.1. The molecule has 0 radical (unpaired) electrons. The van der Waals surface area contributed by atoms with Crippen LogP contribution >= 0.6 is 0 Å². The predicted molar refractivity (Wildman–Crippen MR) is 85.9 cm³/mol. The molecule has 0 aliphatic heterocycles. The van der Waals surface area contributed by atoms with Crippen LogP contribution in [0, 0.1) is 0 Å². The topological polar surface area (TPSA) is 102 Å². The number of nitrogens with one attached hydrogen (secondary N) is 2. The number of hydrogen-bond acceptors (Lipinski definition) is 5. The lowest BCUT2D eigenvalue weighted by molar-refractivity contribution is -0.140. The van der Waals surface area contributed by atoms with E-state index in [0.29, 0.717) is 6.42 Å². The summed E-state index contributed by atoms with van der Waals surface area (Å²) in [5.74, 6) is -2.07. The SMILES string of the molecule is CC[C@@H](C)NS(=O)(=O)c1ccc(C(=O)OCC(=O)NCC(F)(F)F)cc1. The molecule has 0 saturated heterocycles. The Kier molecular flexibility index (Phi) is 7.57. The quantitative estimate of drug-likeness (QED) is 0.650. The molecule has 0 aromatic heterocycles. The molecule has 0 saturated carbocycles. The Balaban J connectivity index is 2.63. The summed E-state index contributed by atoms with van der Waals surface area (Å²) in [7, 11) is -3.73. The first-order valence-corrected chi connectivity index (χ1v) is 9.06. The molecule has 0 fully saturated rings. The highest BCUT2D eigenvalue weighted by atomic mass is 32.2. The normalized spacial score (nSPS) is 13.1. The van der Waals surface area contributed by atoms with Crippen LogP contribution in [0.4, 0.5) is 13.2 Å². The van der Waals surface area contributed by atoms with Gasteiger partial charge in [-0.1, -0.05) is 6.92 Å². The number of rotatable bonds is 8. The molecule has 1 aromatic rings. The van der Waals surface area contributed by atoms with E-state index in [9.17, 15) is 31.2 Å². The van der Waals surface area contributed by atoms with Gasteiger partial charge in [0.2, 0.25) is 10.0 Å². The van der Waals surface area contributed by atoms with Crippen molar-refractivity contribution in [3.05, 3.63) is 29.8 Å². The lowest BCUT2D eigenvalue weighted by Crippen LogP contribution is -2.36. The van der Waals surface area contributed by atoms with Gasteiger partial charge in [-0.2, -0.15) is 13.2 Å². The minimum absolute atomic E-state index is 0.0453. The fraction of sp³-hybridized carbons (Fsp3) is 0.467. The van der Waals surface area contributed by atoms with Gasteiger partial charge in [-0.05, 0) is 37.6 Å². The molecule has 146 valence electrons. The molecule has 0 aliphatic carbocycles. The minimum atomic E-state index is -4.57. The first-order valence-electron chi connectivity index (χ1n) is 7.57. The van der Waals surface area contributed by atoms with Crippen LogP contribution in [0.2, 0.25) is 0 Å². The highest BCUT2D eigenvalue weighted by Gasteiger charge is 2.27. The fourth-order valence-electron chi connectivity index (χ4n) is 1.65. The minimum Gasteiger partial charge on any atom is -0.452 e. The van der Waals surface area contributed by atoms with Crippen LogP contribution in [-0.4, -0.2) is 45.7 Å². The standard InChI is InChI=1S/C15H19F3N2O5S/c1-3-10(2)20-26(23,24)12-6-4-11(5-7-12)14(22)25-8-13(21)19-9-15(16,17)18/h4-7,10,20H,3,8-9H2,1-2H3,(H,19,21)/t10-/m1/s1. The van der Waals surface area contributed by atoms with Gasteiger partial charge in [-0.15, -0.1) is 0 Å². The van der Waals surface area contributed by atoms with Crippen molar-refractivity contribution in [3.8, 4) is 0 Å². The van der Waals surface area contributed by atoms with Gasteiger partial charge < -0.3 is 10.1 Å². The molecule has 1 rings (SSSR count). The third kappa shape index (κ3) is 7.40. The van der Waals surface area contributed by atoms with Crippen LogP contribution in [0.15, 0.2) is 29.2 Å². The molecule has 2 N–H and O–H groups in total. The largest absolute Gasteiger partial charge is 0.452 e. The van der Waals surface area contributed by atoms with Crippen molar-refractivity contribution in [2.75, 3.05) is 13.2 Å². The first kappa shape index (κ1) is 21.9. The second-order valence-electron chi connectivity index (χ2n) is 5.42. The second kappa shape index (κ2) is 8.99. The van der Waals surface area contributed by atoms with Crippen molar-refractivity contribution in [2.45, 2.75) is 37.4 Å². The number of amides is 1. The summed E-state index contributed by atoms with van der Waals surface area (Å²) in [6.45, 7) is 1.11. The molecule has 1 amide bonds. The van der Waals surface area contributed by atoms with E-state index >= 15 is 0 Å². The molecule has 0 aliphatic rings. The molecule has 0 spiro atoms. The monoisotopic (exact) mass is 396 g/mol. The van der Waals surface area contributed by atoms with Gasteiger partial charge in [0.15, 0.2) is 6.61 Å². The Labute approximate surface area is 149 Å². The van der Waals surface area contributed by atoms with Crippen LogP contribution in [0.5, 0.6) is 0 Å². The maximum Gasteiger partial charge on any atom is 0.405 e. The summed E-state index contributed by atoms with van der Waals surface area (Å²) in [5.41, 5.74) is -0.0453. The van der Waals surface area contributed by atoms with E-state index in [4.69, 9.17) is 0 Å². The van der Waals surface area contributed by atoms with Crippen molar-refractivity contribution in [1.29, 1.82) is 0 Å². The zero-order valence-electron chi connectivity index (χ0n) is 14.1. The average molecular weight is 396 g/mol. The Hall–Kier alpha value is -2.14. The molecule has 1 aromatic carbocycles. The number of esters is 1. The molecular formula is C15H19F3N2O5S. The molecule has 11 heteroatoms. The van der Waals surface area contributed by atoms with E-state index in [0.717, 1.165) is 0 Å². The van der Waals surface area contributed by atoms with Crippen LogP contribution in [-0.2, 0) is 19.6 Å². The number of carbonyl (C=O) groups excluding carboxylic acids is 2. The number of carbonyl (C=O) groups is 2. The Bertz CT molecular complexity index is 733. The molecule has 0 unspecified atom stereocenters. The van der Waals surface area contributed by atoms with E-state index in [2.05, 4.69) is 9.46 Å². The van der Waals surface area contributed by atoms with Gasteiger partial charge >= 0.3 is 12.1 Å². The maximum absolute atomic E-state index is 12.1. The Morgan fingerprint density at radius 3 is 2.27 bits per heavy atom.